The Bertz CT molecular complexity index is 1360. The van der Waals surface area contributed by atoms with Gasteiger partial charge in [0.05, 0.1) is 10.0 Å². The maximum Gasteiger partial charge on any atom is 0.490 e. The van der Waals surface area contributed by atoms with E-state index < -0.39 is 29.8 Å². The maximum atomic E-state index is 13.9. The van der Waals surface area contributed by atoms with Gasteiger partial charge < -0.3 is 26.6 Å². The number of alkyl halides is 6. The summed E-state index contributed by atoms with van der Waals surface area (Å²) >= 11 is 19.5. The third kappa shape index (κ3) is 12.4. The molecule has 1 fully saturated rings. The van der Waals surface area contributed by atoms with Crippen molar-refractivity contribution in [1.29, 1.82) is 0 Å². The first-order valence-electron chi connectivity index (χ1n) is 13.1. The number of aliphatic carboxylic acids is 2. The van der Waals surface area contributed by atoms with Gasteiger partial charge in [-0.1, -0.05) is 35.3 Å². The Balaban J connectivity index is 0.000000658. The number of carboxylic acid groups (broad SMARTS) is 2. The van der Waals surface area contributed by atoms with Crippen molar-refractivity contribution in [3.8, 4) is 0 Å². The van der Waals surface area contributed by atoms with E-state index in [1.54, 1.807) is 4.90 Å². The summed E-state index contributed by atoms with van der Waals surface area (Å²) in [5.74, 6) is -5.75. The van der Waals surface area contributed by atoms with Crippen molar-refractivity contribution in [3.05, 3.63) is 66.5 Å². The summed E-state index contributed by atoms with van der Waals surface area (Å²) in [5, 5.41) is 15.3. The first kappa shape index (κ1) is 42.4. The second-order valence-electron chi connectivity index (χ2n) is 9.66. The molecule has 0 aromatic heterocycles. The number of nitrogens with zero attached hydrogens (tertiary/aromatic N) is 2. The van der Waals surface area contributed by atoms with Crippen LogP contribution in [0, 0.1) is 0 Å². The van der Waals surface area contributed by atoms with Gasteiger partial charge in [0.2, 0.25) is 0 Å². The number of rotatable bonds is 10. The molecule has 3 amide bonds. The number of nitrogens with two attached hydrogens (primary N) is 2. The lowest BCUT2D eigenvalue weighted by atomic mass is 9.83. The Morgan fingerprint density at radius 1 is 0.766 bits per heavy atom. The van der Waals surface area contributed by atoms with Crippen molar-refractivity contribution < 1.29 is 55.7 Å². The van der Waals surface area contributed by atoms with Gasteiger partial charge in [-0.05, 0) is 93.2 Å². The first-order valence-corrected chi connectivity index (χ1v) is 15.5. The molecule has 0 spiro atoms. The highest BCUT2D eigenvalue weighted by Crippen LogP contribution is 2.37. The van der Waals surface area contributed by atoms with Crippen LogP contribution in [0.25, 0.3) is 0 Å². The molecular weight excluding hydrogens is 821 g/mol. The summed E-state index contributed by atoms with van der Waals surface area (Å²) in [6, 6.07) is 10.8. The Morgan fingerprint density at radius 2 is 1.13 bits per heavy atom. The number of imide groups is 1. The number of hydrogen-bond donors (Lipinski definition) is 4. The van der Waals surface area contributed by atoms with Gasteiger partial charge in [0.15, 0.2) is 0 Å². The SMILES string of the molecule is NCCCN1C(=O)N(CCCN)C(Cc2ccc(Br)c(Cl)c2)(Cc2ccc(Br)c(Cl)c2)C1=O.O=C(O)C(F)(F)F.O=C(O)C(F)(F)F. The van der Waals surface area contributed by atoms with Crippen LogP contribution in [0.4, 0.5) is 31.1 Å². The van der Waals surface area contributed by atoms with Crippen molar-refractivity contribution in [2.45, 2.75) is 43.6 Å². The second-order valence-corrected chi connectivity index (χ2v) is 12.2. The number of hydrogen-bond acceptors (Lipinski definition) is 6. The number of carboxylic acids is 2. The van der Waals surface area contributed by atoms with Gasteiger partial charge in [0.1, 0.15) is 5.54 Å². The van der Waals surface area contributed by atoms with Crippen LogP contribution in [0.1, 0.15) is 24.0 Å². The topological polar surface area (TPSA) is 167 Å². The molecule has 1 heterocycles. The normalized spacial score (nSPS) is 14.3. The molecule has 2 aromatic carbocycles. The fraction of sp³-hybridized carbons (Fsp3) is 0.407. The van der Waals surface area contributed by atoms with E-state index in [0.717, 1.165) is 20.1 Å². The van der Waals surface area contributed by atoms with Gasteiger partial charge in [0, 0.05) is 34.9 Å². The number of carbonyl (C=O) groups is 4. The van der Waals surface area contributed by atoms with E-state index in [2.05, 4.69) is 31.9 Å². The molecule has 2 aromatic rings. The highest BCUT2D eigenvalue weighted by Gasteiger charge is 2.56. The van der Waals surface area contributed by atoms with Gasteiger partial charge in [0.25, 0.3) is 5.91 Å². The van der Waals surface area contributed by atoms with Gasteiger partial charge >= 0.3 is 30.3 Å². The number of amides is 3. The van der Waals surface area contributed by atoms with E-state index in [4.69, 9.17) is 54.5 Å². The van der Waals surface area contributed by atoms with Crippen LogP contribution in [-0.2, 0) is 27.2 Å². The van der Waals surface area contributed by atoms with Gasteiger partial charge in [-0.25, -0.2) is 14.4 Å². The predicted octanol–water partition coefficient (Wildman–Crippen LogP) is 6.27. The molecule has 47 heavy (non-hydrogen) atoms. The summed E-state index contributed by atoms with van der Waals surface area (Å²) in [5.41, 5.74) is 12.0. The fourth-order valence-corrected chi connectivity index (χ4v) is 5.07. The van der Waals surface area contributed by atoms with Crippen LogP contribution in [-0.4, -0.2) is 88.0 Å². The zero-order valence-electron chi connectivity index (χ0n) is 24.0. The van der Waals surface area contributed by atoms with Crippen molar-refractivity contribution in [2.24, 2.45) is 11.5 Å². The fourth-order valence-electron chi connectivity index (χ4n) is 4.17. The third-order valence-electron chi connectivity index (χ3n) is 6.24. The number of urea groups is 1. The predicted molar refractivity (Wildman–Crippen MR) is 167 cm³/mol. The lowest BCUT2D eigenvalue weighted by Gasteiger charge is -2.36. The van der Waals surface area contributed by atoms with Crippen LogP contribution in [0.3, 0.4) is 0 Å². The maximum absolute atomic E-state index is 13.9. The molecule has 0 saturated carbocycles. The summed E-state index contributed by atoms with van der Waals surface area (Å²) < 4.78 is 65.0. The third-order valence-corrected chi connectivity index (χ3v) is 8.70. The molecule has 10 nitrogen and oxygen atoms in total. The molecule has 0 unspecified atom stereocenters. The average Bonchev–Trinajstić information content (AvgIpc) is 3.14. The minimum atomic E-state index is -5.08. The largest absolute Gasteiger partial charge is 0.490 e. The Hall–Kier alpha value is -2.64. The Labute approximate surface area is 291 Å². The molecular formula is C27H28Br2Cl2F6N4O6. The average molecular weight is 849 g/mol. The van der Waals surface area contributed by atoms with E-state index in [1.165, 1.54) is 4.90 Å². The molecule has 6 N–H and O–H groups in total. The minimum absolute atomic E-state index is 0.240. The Kier molecular flexibility index (Phi) is 16.4. The molecule has 1 saturated heterocycles. The molecule has 0 aliphatic carbocycles. The molecule has 1 aliphatic rings. The summed E-state index contributed by atoms with van der Waals surface area (Å²) in [7, 11) is 0. The molecule has 20 heteroatoms. The molecule has 0 bridgehead atoms. The molecule has 1 aliphatic heterocycles. The standard InChI is InChI=1S/C23H26Br2Cl2N4O2.2C2HF3O2/c24-17-5-3-15(11-19(17)26)13-23(14-16-4-6-18(25)20(27)12-16)21(32)30(9-1-7-28)22(33)31(23)10-2-8-29;2*3-2(4,5)1(6)7/h3-6,11-12H,1-2,7-10,13-14,28-29H2;2*(H,6,7). The van der Waals surface area contributed by atoms with Crippen molar-refractivity contribution >= 4 is 78.9 Å². The van der Waals surface area contributed by atoms with Crippen molar-refractivity contribution in [1.82, 2.24) is 9.80 Å². The van der Waals surface area contributed by atoms with E-state index in [-0.39, 0.29) is 18.5 Å². The summed E-state index contributed by atoms with van der Waals surface area (Å²) in [6.45, 7) is 1.44. The molecule has 0 atom stereocenters. The van der Waals surface area contributed by atoms with Gasteiger partial charge in [-0.2, -0.15) is 26.3 Å². The zero-order chi connectivity index (χ0) is 36.3. The lowest BCUT2D eigenvalue weighted by Crippen LogP contribution is -2.54. The van der Waals surface area contributed by atoms with Crippen LogP contribution >= 0.6 is 55.1 Å². The first-order chi connectivity index (χ1) is 21.6. The van der Waals surface area contributed by atoms with E-state index in [9.17, 15) is 35.9 Å². The number of halogens is 10. The van der Waals surface area contributed by atoms with E-state index >= 15 is 0 Å². The molecule has 262 valence electrons. The Morgan fingerprint density at radius 3 is 1.45 bits per heavy atom. The smallest absolute Gasteiger partial charge is 0.475 e. The number of benzene rings is 2. The van der Waals surface area contributed by atoms with Gasteiger partial charge in [-0.15, -0.1) is 0 Å². The van der Waals surface area contributed by atoms with Crippen LogP contribution in [0.5, 0.6) is 0 Å². The lowest BCUT2D eigenvalue weighted by molar-refractivity contribution is -0.193. The van der Waals surface area contributed by atoms with Crippen LogP contribution < -0.4 is 11.5 Å². The monoisotopic (exact) mass is 846 g/mol. The zero-order valence-corrected chi connectivity index (χ0v) is 28.7. The minimum Gasteiger partial charge on any atom is -0.475 e. The molecule has 3 rings (SSSR count). The summed E-state index contributed by atoms with van der Waals surface area (Å²) in [6.07, 6.45) is -8.44. The highest BCUT2D eigenvalue weighted by atomic mass is 79.9. The van der Waals surface area contributed by atoms with Crippen molar-refractivity contribution in [3.63, 3.8) is 0 Å². The van der Waals surface area contributed by atoms with E-state index in [0.29, 0.717) is 55.4 Å². The summed E-state index contributed by atoms with van der Waals surface area (Å²) in [4.78, 5) is 48.2. The van der Waals surface area contributed by atoms with Crippen molar-refractivity contribution in [2.75, 3.05) is 26.2 Å². The number of carbonyl (C=O) groups excluding carboxylic acids is 2. The highest BCUT2D eigenvalue weighted by molar-refractivity contribution is 9.10. The second kappa shape index (κ2) is 18.2. The van der Waals surface area contributed by atoms with E-state index in [1.807, 2.05) is 36.4 Å². The quantitative estimate of drug-likeness (QED) is 0.160. The van der Waals surface area contributed by atoms with Gasteiger partial charge in [-0.3, -0.25) is 9.69 Å². The molecule has 0 radical (unpaired) electrons. The van der Waals surface area contributed by atoms with Crippen LogP contribution in [0.2, 0.25) is 10.0 Å². The van der Waals surface area contributed by atoms with Crippen LogP contribution in [0.15, 0.2) is 45.3 Å².